The van der Waals surface area contributed by atoms with Crippen molar-refractivity contribution in [3.05, 3.63) is 52.8 Å². The third-order valence-corrected chi connectivity index (χ3v) is 4.60. The minimum Gasteiger partial charge on any atom is -0.449 e. The first-order chi connectivity index (χ1) is 12.3. The minimum absolute atomic E-state index is 0.281. The third-order valence-electron chi connectivity index (χ3n) is 4.60. The molecule has 1 aromatic heterocycles. The summed E-state index contributed by atoms with van der Waals surface area (Å²) >= 11 is 0. The van der Waals surface area contributed by atoms with Gasteiger partial charge in [0.2, 0.25) is 0 Å². The van der Waals surface area contributed by atoms with Gasteiger partial charge in [-0.25, -0.2) is 4.79 Å². The van der Waals surface area contributed by atoms with Crippen molar-refractivity contribution in [2.75, 3.05) is 5.32 Å². The van der Waals surface area contributed by atoms with Gasteiger partial charge in [0.15, 0.2) is 6.10 Å². The summed E-state index contributed by atoms with van der Waals surface area (Å²) in [7, 11) is 0. The Kier molecular flexibility index (Phi) is 6.24. The number of aromatic nitrogens is 1. The molecule has 5 heteroatoms. The molecule has 0 bridgehead atoms. The highest BCUT2D eigenvalue weighted by Gasteiger charge is 2.23. The SMILES string of the molecule is CCn1c(C)cc(C(=O)O[C@H](C)C(=O)Nc2ccccc2C(C)C)c1C. The molecule has 0 spiro atoms. The molecule has 140 valence electrons. The molecule has 0 aliphatic carbocycles. The van der Waals surface area contributed by atoms with E-state index in [1.54, 1.807) is 13.0 Å². The number of benzene rings is 1. The van der Waals surface area contributed by atoms with Crippen molar-refractivity contribution >= 4 is 17.6 Å². The van der Waals surface area contributed by atoms with Crippen molar-refractivity contribution in [1.82, 2.24) is 4.57 Å². The number of ether oxygens (including phenoxy) is 1. The summed E-state index contributed by atoms with van der Waals surface area (Å²) < 4.78 is 7.44. The van der Waals surface area contributed by atoms with Gasteiger partial charge in [-0.2, -0.15) is 0 Å². The predicted octanol–water partition coefficient (Wildman–Crippen LogP) is 4.43. The first-order valence-electron chi connectivity index (χ1n) is 9.03. The molecule has 0 saturated heterocycles. The highest BCUT2D eigenvalue weighted by atomic mass is 16.5. The van der Waals surface area contributed by atoms with E-state index in [4.69, 9.17) is 4.74 Å². The number of aryl methyl sites for hydroxylation is 1. The Morgan fingerprint density at radius 2 is 1.81 bits per heavy atom. The maximum absolute atomic E-state index is 12.5. The lowest BCUT2D eigenvalue weighted by Gasteiger charge is -2.17. The van der Waals surface area contributed by atoms with Crippen molar-refractivity contribution in [2.45, 2.75) is 60.1 Å². The van der Waals surface area contributed by atoms with Crippen LogP contribution in [0.2, 0.25) is 0 Å². The van der Waals surface area contributed by atoms with Crippen LogP contribution in [-0.4, -0.2) is 22.5 Å². The van der Waals surface area contributed by atoms with Crippen LogP contribution in [0.15, 0.2) is 30.3 Å². The number of anilines is 1. The second kappa shape index (κ2) is 8.21. The van der Waals surface area contributed by atoms with E-state index in [0.29, 0.717) is 5.56 Å². The number of hydrogen-bond donors (Lipinski definition) is 1. The van der Waals surface area contributed by atoms with Crippen LogP contribution in [0, 0.1) is 13.8 Å². The van der Waals surface area contributed by atoms with Gasteiger partial charge in [-0.15, -0.1) is 0 Å². The maximum atomic E-state index is 12.5. The van der Waals surface area contributed by atoms with Crippen LogP contribution in [0.5, 0.6) is 0 Å². The number of rotatable bonds is 6. The fourth-order valence-corrected chi connectivity index (χ4v) is 3.12. The van der Waals surface area contributed by atoms with Gasteiger partial charge in [-0.05, 0) is 51.3 Å². The minimum atomic E-state index is -0.882. The lowest BCUT2D eigenvalue weighted by Crippen LogP contribution is -2.30. The first-order valence-corrected chi connectivity index (χ1v) is 9.03. The zero-order valence-electron chi connectivity index (χ0n) is 16.4. The Bertz CT molecular complexity index is 806. The van der Waals surface area contributed by atoms with Gasteiger partial charge >= 0.3 is 5.97 Å². The number of hydrogen-bond acceptors (Lipinski definition) is 3. The molecule has 2 rings (SSSR count). The average Bonchev–Trinajstić information content (AvgIpc) is 2.88. The molecule has 1 aromatic carbocycles. The van der Waals surface area contributed by atoms with E-state index in [1.807, 2.05) is 49.6 Å². The number of carbonyl (C=O) groups excluding carboxylic acids is 2. The van der Waals surface area contributed by atoms with Gasteiger partial charge in [-0.3, -0.25) is 4.79 Å². The number of nitrogens with zero attached hydrogens (tertiary/aromatic N) is 1. The molecule has 1 amide bonds. The summed E-state index contributed by atoms with van der Waals surface area (Å²) in [5, 5.41) is 2.87. The van der Waals surface area contributed by atoms with E-state index < -0.39 is 12.1 Å². The molecule has 1 heterocycles. The lowest BCUT2D eigenvalue weighted by atomic mass is 10.0. The Labute approximate surface area is 155 Å². The number of esters is 1. The van der Waals surface area contributed by atoms with Crippen molar-refractivity contribution < 1.29 is 14.3 Å². The molecule has 2 aromatic rings. The molecule has 0 radical (unpaired) electrons. The highest BCUT2D eigenvalue weighted by molar-refractivity contribution is 5.98. The van der Waals surface area contributed by atoms with Crippen molar-refractivity contribution in [2.24, 2.45) is 0 Å². The Hall–Kier alpha value is -2.56. The fraction of sp³-hybridized carbons (Fsp3) is 0.429. The lowest BCUT2D eigenvalue weighted by molar-refractivity contribution is -0.123. The maximum Gasteiger partial charge on any atom is 0.340 e. The van der Waals surface area contributed by atoms with E-state index >= 15 is 0 Å². The molecular weight excluding hydrogens is 328 g/mol. The summed E-state index contributed by atoms with van der Waals surface area (Å²) in [5.41, 5.74) is 4.16. The van der Waals surface area contributed by atoms with Gasteiger partial charge in [0.05, 0.1) is 5.56 Å². The average molecular weight is 356 g/mol. The second-order valence-electron chi connectivity index (χ2n) is 6.81. The van der Waals surface area contributed by atoms with E-state index in [1.165, 1.54) is 0 Å². The molecule has 0 aliphatic rings. The van der Waals surface area contributed by atoms with Crippen LogP contribution < -0.4 is 5.32 Å². The van der Waals surface area contributed by atoms with Gasteiger partial charge in [0, 0.05) is 23.6 Å². The molecule has 0 aliphatic heterocycles. The third kappa shape index (κ3) is 4.15. The van der Waals surface area contributed by atoms with Crippen LogP contribution in [0.4, 0.5) is 5.69 Å². The summed E-state index contributed by atoms with van der Waals surface area (Å²) in [6.07, 6.45) is -0.882. The van der Waals surface area contributed by atoms with Gasteiger partial charge in [-0.1, -0.05) is 32.0 Å². The molecule has 1 N–H and O–H groups in total. The molecule has 26 heavy (non-hydrogen) atoms. The van der Waals surface area contributed by atoms with E-state index in [-0.39, 0.29) is 11.8 Å². The number of para-hydroxylation sites is 1. The van der Waals surface area contributed by atoms with Crippen LogP contribution in [0.3, 0.4) is 0 Å². The van der Waals surface area contributed by atoms with Gasteiger partial charge in [0.1, 0.15) is 0 Å². The first kappa shape index (κ1) is 19.8. The van der Waals surface area contributed by atoms with Crippen LogP contribution in [0.1, 0.15) is 60.9 Å². The molecular formula is C21H28N2O3. The molecule has 1 atom stereocenters. The summed E-state index contributed by atoms with van der Waals surface area (Å²) in [6.45, 7) is 12.4. The highest BCUT2D eigenvalue weighted by Crippen LogP contribution is 2.24. The summed E-state index contributed by atoms with van der Waals surface area (Å²) in [6, 6.07) is 9.46. The standard InChI is InChI=1S/C21H28N2O3/c1-7-23-14(4)12-18(15(23)5)21(25)26-16(6)20(24)22-19-11-9-8-10-17(19)13(2)3/h8-13,16H,7H2,1-6H3,(H,22,24)/t16-/m1/s1. The smallest absolute Gasteiger partial charge is 0.340 e. The Balaban J connectivity index is 2.09. The molecule has 0 unspecified atom stereocenters. The quantitative estimate of drug-likeness (QED) is 0.779. The van der Waals surface area contributed by atoms with Gasteiger partial charge in [0.25, 0.3) is 5.91 Å². The zero-order chi connectivity index (χ0) is 19.4. The number of nitrogens with one attached hydrogen (secondary N) is 1. The fourth-order valence-electron chi connectivity index (χ4n) is 3.12. The van der Waals surface area contributed by atoms with E-state index in [0.717, 1.165) is 29.2 Å². The van der Waals surface area contributed by atoms with Crippen LogP contribution >= 0.6 is 0 Å². The number of carbonyl (C=O) groups is 2. The topological polar surface area (TPSA) is 60.3 Å². The van der Waals surface area contributed by atoms with Gasteiger partial charge < -0.3 is 14.6 Å². The molecule has 0 saturated carbocycles. The summed E-state index contributed by atoms with van der Waals surface area (Å²) in [4.78, 5) is 24.9. The predicted molar refractivity (Wildman–Crippen MR) is 104 cm³/mol. The van der Waals surface area contributed by atoms with E-state index in [2.05, 4.69) is 19.2 Å². The number of amides is 1. The summed E-state index contributed by atoms with van der Waals surface area (Å²) in [5.74, 6) is -0.530. The second-order valence-corrected chi connectivity index (χ2v) is 6.81. The largest absolute Gasteiger partial charge is 0.449 e. The van der Waals surface area contributed by atoms with Crippen molar-refractivity contribution in [3.8, 4) is 0 Å². The van der Waals surface area contributed by atoms with Crippen molar-refractivity contribution in [3.63, 3.8) is 0 Å². The Morgan fingerprint density at radius 3 is 2.38 bits per heavy atom. The Morgan fingerprint density at radius 1 is 1.15 bits per heavy atom. The molecule has 5 nitrogen and oxygen atoms in total. The molecule has 0 fully saturated rings. The van der Waals surface area contributed by atoms with Crippen LogP contribution in [-0.2, 0) is 16.1 Å². The zero-order valence-corrected chi connectivity index (χ0v) is 16.4. The van der Waals surface area contributed by atoms with Crippen LogP contribution in [0.25, 0.3) is 0 Å². The normalized spacial score (nSPS) is 12.1. The van der Waals surface area contributed by atoms with E-state index in [9.17, 15) is 9.59 Å². The van der Waals surface area contributed by atoms with Crippen molar-refractivity contribution in [1.29, 1.82) is 0 Å². The monoisotopic (exact) mass is 356 g/mol.